The van der Waals surface area contributed by atoms with Gasteiger partial charge in [-0.25, -0.2) is 0 Å². The van der Waals surface area contributed by atoms with Crippen molar-refractivity contribution in [3.8, 4) is 0 Å². The highest BCUT2D eigenvalue weighted by Crippen LogP contribution is 2.20. The fourth-order valence-electron chi connectivity index (χ4n) is 1.85. The summed E-state index contributed by atoms with van der Waals surface area (Å²) in [7, 11) is 0. The summed E-state index contributed by atoms with van der Waals surface area (Å²) in [6.45, 7) is 7.03. The third-order valence-electron chi connectivity index (χ3n) is 2.95. The number of carbonyl (C=O) groups excluding carboxylic acids is 1. The van der Waals surface area contributed by atoms with Crippen molar-refractivity contribution in [1.29, 1.82) is 0 Å². The molecule has 0 heterocycles. The van der Waals surface area contributed by atoms with E-state index in [1.807, 2.05) is 30.3 Å². The second-order valence-electron chi connectivity index (χ2n) is 6.11. The zero-order valence-electron chi connectivity index (χ0n) is 12.6. The van der Waals surface area contributed by atoms with Crippen LogP contribution in [0.15, 0.2) is 30.3 Å². The van der Waals surface area contributed by atoms with Gasteiger partial charge < -0.3 is 10.5 Å². The van der Waals surface area contributed by atoms with Gasteiger partial charge in [0.2, 0.25) is 0 Å². The van der Waals surface area contributed by atoms with Crippen LogP contribution in [0.4, 0.5) is 0 Å². The molecular formula is C16H26ClNO2. The molecule has 0 aliphatic rings. The Balaban J connectivity index is 0.00000361. The Kier molecular flexibility index (Phi) is 8.51. The first kappa shape index (κ1) is 18.9. The van der Waals surface area contributed by atoms with E-state index in [0.29, 0.717) is 6.61 Å². The van der Waals surface area contributed by atoms with Crippen LogP contribution in [-0.4, -0.2) is 12.6 Å². The van der Waals surface area contributed by atoms with Crippen LogP contribution in [-0.2, 0) is 9.53 Å². The monoisotopic (exact) mass is 299 g/mol. The molecule has 0 aromatic heterocycles. The first-order valence-electron chi connectivity index (χ1n) is 6.84. The summed E-state index contributed by atoms with van der Waals surface area (Å²) in [5.41, 5.74) is 7.22. The van der Waals surface area contributed by atoms with Crippen molar-refractivity contribution in [2.75, 3.05) is 6.61 Å². The maximum absolute atomic E-state index is 11.6. The standard InChI is InChI=1S/C16H25NO2.ClH/c1-16(2,3)10-7-11-19-15(18)12-14(17)13-8-5-4-6-9-13;/h4-6,8-9,14H,7,10-12,17H2,1-3H3;1H. The van der Waals surface area contributed by atoms with Gasteiger partial charge in [0.05, 0.1) is 13.0 Å². The number of benzene rings is 1. The third-order valence-corrected chi connectivity index (χ3v) is 2.95. The number of carbonyl (C=O) groups is 1. The minimum absolute atomic E-state index is 0. The van der Waals surface area contributed by atoms with Gasteiger partial charge >= 0.3 is 5.97 Å². The minimum atomic E-state index is -0.281. The molecule has 1 unspecified atom stereocenters. The zero-order chi connectivity index (χ0) is 14.3. The van der Waals surface area contributed by atoms with Gasteiger partial charge in [0.25, 0.3) is 0 Å². The topological polar surface area (TPSA) is 52.3 Å². The molecule has 1 rings (SSSR count). The van der Waals surface area contributed by atoms with Crippen LogP contribution in [0.3, 0.4) is 0 Å². The Morgan fingerprint density at radius 3 is 2.40 bits per heavy atom. The lowest BCUT2D eigenvalue weighted by Gasteiger charge is -2.17. The highest BCUT2D eigenvalue weighted by Gasteiger charge is 2.13. The Labute approximate surface area is 128 Å². The molecule has 1 aromatic carbocycles. The molecule has 1 aromatic rings. The molecule has 3 nitrogen and oxygen atoms in total. The Hall–Kier alpha value is -1.06. The van der Waals surface area contributed by atoms with E-state index < -0.39 is 0 Å². The fourth-order valence-corrected chi connectivity index (χ4v) is 1.85. The van der Waals surface area contributed by atoms with E-state index in [-0.39, 0.29) is 36.3 Å². The summed E-state index contributed by atoms with van der Waals surface area (Å²) in [6, 6.07) is 9.35. The summed E-state index contributed by atoms with van der Waals surface area (Å²) in [4.78, 5) is 11.6. The van der Waals surface area contributed by atoms with Gasteiger partial charge in [0, 0.05) is 6.04 Å². The molecule has 20 heavy (non-hydrogen) atoms. The quantitative estimate of drug-likeness (QED) is 0.641. The molecule has 0 fully saturated rings. The average molecular weight is 300 g/mol. The number of hydrogen-bond donors (Lipinski definition) is 1. The Morgan fingerprint density at radius 1 is 1.25 bits per heavy atom. The van der Waals surface area contributed by atoms with Crippen molar-refractivity contribution in [3.63, 3.8) is 0 Å². The van der Waals surface area contributed by atoms with Gasteiger partial charge in [0.1, 0.15) is 0 Å². The van der Waals surface area contributed by atoms with Gasteiger partial charge in [-0.1, -0.05) is 51.1 Å². The van der Waals surface area contributed by atoms with Crippen LogP contribution in [0.5, 0.6) is 0 Å². The molecule has 0 amide bonds. The molecular weight excluding hydrogens is 274 g/mol. The normalized spacial score (nSPS) is 12.4. The summed E-state index contributed by atoms with van der Waals surface area (Å²) < 4.78 is 5.21. The van der Waals surface area contributed by atoms with Crippen molar-refractivity contribution in [2.45, 2.75) is 46.1 Å². The van der Waals surface area contributed by atoms with Gasteiger partial charge in [0.15, 0.2) is 0 Å². The fraction of sp³-hybridized carbons (Fsp3) is 0.562. The third kappa shape index (κ3) is 8.18. The average Bonchev–Trinajstić information content (AvgIpc) is 2.34. The second-order valence-corrected chi connectivity index (χ2v) is 6.11. The maximum Gasteiger partial charge on any atom is 0.307 e. The molecule has 0 spiro atoms. The van der Waals surface area contributed by atoms with Gasteiger partial charge in [-0.3, -0.25) is 4.79 Å². The number of nitrogens with two attached hydrogens (primary N) is 1. The smallest absolute Gasteiger partial charge is 0.307 e. The molecule has 0 aliphatic heterocycles. The van der Waals surface area contributed by atoms with Crippen LogP contribution in [0.2, 0.25) is 0 Å². The molecule has 4 heteroatoms. The van der Waals surface area contributed by atoms with E-state index in [9.17, 15) is 4.79 Å². The molecule has 0 bridgehead atoms. The van der Waals surface area contributed by atoms with Crippen LogP contribution < -0.4 is 5.73 Å². The lowest BCUT2D eigenvalue weighted by Crippen LogP contribution is -2.18. The molecule has 0 radical (unpaired) electrons. The number of hydrogen-bond acceptors (Lipinski definition) is 3. The number of ether oxygens (including phenoxy) is 1. The van der Waals surface area contributed by atoms with Crippen LogP contribution in [0.1, 0.15) is 51.6 Å². The minimum Gasteiger partial charge on any atom is -0.466 e. The summed E-state index contributed by atoms with van der Waals surface area (Å²) in [5.74, 6) is -0.217. The van der Waals surface area contributed by atoms with Gasteiger partial charge in [-0.2, -0.15) is 0 Å². The molecule has 1 atom stereocenters. The molecule has 0 saturated heterocycles. The molecule has 0 saturated carbocycles. The van der Waals surface area contributed by atoms with Gasteiger partial charge in [-0.15, -0.1) is 12.4 Å². The molecule has 114 valence electrons. The predicted molar refractivity (Wildman–Crippen MR) is 84.9 cm³/mol. The highest BCUT2D eigenvalue weighted by atomic mass is 35.5. The zero-order valence-corrected chi connectivity index (χ0v) is 13.4. The molecule has 0 aliphatic carbocycles. The highest BCUT2D eigenvalue weighted by molar-refractivity contribution is 5.85. The van der Waals surface area contributed by atoms with Crippen molar-refractivity contribution < 1.29 is 9.53 Å². The van der Waals surface area contributed by atoms with Crippen molar-refractivity contribution in [3.05, 3.63) is 35.9 Å². The van der Waals surface area contributed by atoms with E-state index in [0.717, 1.165) is 18.4 Å². The predicted octanol–water partition coefficient (Wildman–Crippen LogP) is 3.87. The first-order chi connectivity index (χ1) is 8.88. The largest absolute Gasteiger partial charge is 0.466 e. The van der Waals surface area contributed by atoms with E-state index in [4.69, 9.17) is 10.5 Å². The summed E-state index contributed by atoms with van der Waals surface area (Å²) in [6.07, 6.45) is 2.18. The van der Waals surface area contributed by atoms with Crippen molar-refractivity contribution >= 4 is 18.4 Å². The van der Waals surface area contributed by atoms with Gasteiger partial charge in [-0.05, 0) is 23.8 Å². The lowest BCUT2D eigenvalue weighted by atomic mass is 9.91. The van der Waals surface area contributed by atoms with Crippen LogP contribution in [0.25, 0.3) is 0 Å². The Bertz CT molecular complexity index is 387. The number of esters is 1. The maximum atomic E-state index is 11.6. The number of rotatable bonds is 6. The first-order valence-corrected chi connectivity index (χ1v) is 6.84. The van der Waals surface area contributed by atoms with Crippen LogP contribution >= 0.6 is 12.4 Å². The second kappa shape index (κ2) is 8.98. The SMILES string of the molecule is CC(C)(C)CCCOC(=O)CC(N)c1ccccc1.Cl. The number of halogens is 1. The van der Waals surface area contributed by atoms with E-state index in [1.165, 1.54) is 0 Å². The van der Waals surface area contributed by atoms with Crippen molar-refractivity contribution in [2.24, 2.45) is 11.1 Å². The lowest BCUT2D eigenvalue weighted by molar-refractivity contribution is -0.144. The van der Waals surface area contributed by atoms with E-state index >= 15 is 0 Å². The van der Waals surface area contributed by atoms with Crippen molar-refractivity contribution in [1.82, 2.24) is 0 Å². The van der Waals surface area contributed by atoms with E-state index in [1.54, 1.807) is 0 Å². The molecule has 2 N–H and O–H groups in total. The summed E-state index contributed by atoms with van der Waals surface area (Å²) in [5, 5.41) is 0. The summed E-state index contributed by atoms with van der Waals surface area (Å²) >= 11 is 0. The Morgan fingerprint density at radius 2 is 1.85 bits per heavy atom. The van der Waals surface area contributed by atoms with E-state index in [2.05, 4.69) is 20.8 Å². The van der Waals surface area contributed by atoms with Crippen LogP contribution in [0, 0.1) is 5.41 Å².